The van der Waals surface area contributed by atoms with Gasteiger partial charge in [0.1, 0.15) is 0 Å². The largest absolute Gasteiger partial charge is 1.00 e. The molecule has 0 rings (SSSR count). The first-order chi connectivity index (χ1) is 12.0. The first-order valence-corrected chi connectivity index (χ1v) is 12.0. The summed E-state index contributed by atoms with van der Waals surface area (Å²) in [6.45, 7) is 2.44. The predicted octanol–water partition coefficient (Wildman–Crippen LogP) is 2.55. The zero-order valence-corrected chi connectivity index (χ0v) is 20.2. The van der Waals surface area contributed by atoms with E-state index >= 15 is 0 Å². The van der Waals surface area contributed by atoms with Crippen LogP contribution in [0.5, 0.6) is 0 Å². The van der Waals surface area contributed by atoms with E-state index in [2.05, 4.69) is 6.92 Å². The minimum Gasteiger partial charge on any atom is -0.748 e. The molecule has 0 saturated carbocycles. The van der Waals surface area contributed by atoms with Crippen LogP contribution in [0.25, 0.3) is 0 Å². The molecule has 1 unspecified atom stereocenters. The Kier molecular flexibility index (Phi) is 23.0. The maximum absolute atomic E-state index is 11.4. The minimum absolute atomic E-state index is 0. The van der Waals surface area contributed by atoms with Gasteiger partial charge in [-0.2, -0.15) is 0 Å². The van der Waals surface area contributed by atoms with Crippen LogP contribution in [-0.4, -0.2) is 29.9 Å². The van der Waals surface area contributed by atoms with Crippen molar-refractivity contribution in [3.63, 3.8) is 0 Å². The zero-order valence-electron chi connectivity index (χ0n) is 17.4. The number of rotatable bonds is 19. The Morgan fingerprint density at radius 1 is 0.692 bits per heavy atom. The fourth-order valence-corrected chi connectivity index (χ4v) is 4.22. The fraction of sp³-hybridized carbons (Fsp3) is 1.00. The van der Waals surface area contributed by atoms with Gasteiger partial charge in [0.2, 0.25) is 0 Å². The molecule has 0 amide bonds. The Balaban J connectivity index is 0. The molecule has 0 aromatic carbocycles. The summed E-state index contributed by atoms with van der Waals surface area (Å²) in [7, 11) is -4.13. The first kappa shape index (κ1) is 29.1. The second kappa shape index (κ2) is 20.6. The van der Waals surface area contributed by atoms with Gasteiger partial charge in [0.15, 0.2) is 0 Å². The second-order valence-electron chi connectivity index (χ2n) is 7.37. The summed E-state index contributed by atoms with van der Waals surface area (Å²) in [6, 6.07) is 0. The van der Waals surface area contributed by atoms with Crippen molar-refractivity contribution in [3.05, 3.63) is 0 Å². The molecule has 0 aliphatic heterocycles. The van der Waals surface area contributed by atoms with Crippen LogP contribution >= 0.6 is 0 Å². The Labute approximate surface area is 185 Å². The SMILES string of the molecule is CCCCCCC(CCCCCCCCCCCCCO)S(=O)(=O)[O-].[Na+]. The second-order valence-corrected chi connectivity index (χ2v) is 9.02. The summed E-state index contributed by atoms with van der Waals surface area (Å²) < 4.78 is 34.1. The molecule has 1 N–H and O–H groups in total. The van der Waals surface area contributed by atoms with Gasteiger partial charge < -0.3 is 9.66 Å². The van der Waals surface area contributed by atoms with Crippen molar-refractivity contribution in [2.75, 3.05) is 6.61 Å². The molecule has 0 aromatic heterocycles. The maximum atomic E-state index is 11.4. The summed E-state index contributed by atoms with van der Waals surface area (Å²) in [6.07, 6.45) is 17.8. The van der Waals surface area contributed by atoms with Crippen molar-refractivity contribution in [3.8, 4) is 0 Å². The van der Waals surface area contributed by atoms with Crippen molar-refractivity contribution < 1.29 is 47.6 Å². The van der Waals surface area contributed by atoms with Gasteiger partial charge in [-0.15, -0.1) is 0 Å². The Morgan fingerprint density at radius 2 is 1.04 bits per heavy atom. The van der Waals surface area contributed by atoms with Crippen LogP contribution in [0, 0.1) is 0 Å². The maximum Gasteiger partial charge on any atom is 1.00 e. The van der Waals surface area contributed by atoms with E-state index in [-0.39, 0.29) is 29.6 Å². The Bertz CT molecular complexity index is 374. The molecular weight excluding hydrogens is 359 g/mol. The van der Waals surface area contributed by atoms with Gasteiger partial charge in [-0.05, 0) is 19.3 Å². The van der Waals surface area contributed by atoms with Crippen molar-refractivity contribution in [1.82, 2.24) is 0 Å². The van der Waals surface area contributed by atoms with Crippen LogP contribution in [0.4, 0.5) is 0 Å². The number of aliphatic hydroxyl groups excluding tert-OH is 1. The standard InChI is InChI=1S/C20H42O4S.Na/c1-2-3-4-14-17-20(25(22,23)24)18-15-12-10-8-6-5-7-9-11-13-16-19-21;/h20-21H,2-19H2,1H3,(H,22,23,24);/q;+1/p-1. The summed E-state index contributed by atoms with van der Waals surface area (Å²) in [4.78, 5) is 0. The minimum atomic E-state index is -4.13. The van der Waals surface area contributed by atoms with Gasteiger partial charge in [-0.25, -0.2) is 8.42 Å². The molecule has 0 aliphatic rings. The van der Waals surface area contributed by atoms with Crippen LogP contribution in [-0.2, 0) is 10.1 Å². The molecule has 0 aromatic rings. The van der Waals surface area contributed by atoms with E-state index in [9.17, 15) is 13.0 Å². The molecule has 0 radical (unpaired) electrons. The Morgan fingerprint density at radius 3 is 1.38 bits per heavy atom. The van der Waals surface area contributed by atoms with E-state index in [1.165, 1.54) is 38.5 Å². The van der Waals surface area contributed by atoms with E-state index < -0.39 is 15.4 Å². The summed E-state index contributed by atoms with van der Waals surface area (Å²) in [5.74, 6) is 0. The summed E-state index contributed by atoms with van der Waals surface area (Å²) in [5, 5.41) is 8.04. The van der Waals surface area contributed by atoms with Gasteiger partial charge in [-0.3, -0.25) is 0 Å². The number of unbranched alkanes of at least 4 members (excludes halogenated alkanes) is 13. The van der Waals surface area contributed by atoms with Crippen LogP contribution < -0.4 is 29.6 Å². The van der Waals surface area contributed by atoms with Crippen LogP contribution in [0.3, 0.4) is 0 Å². The third kappa shape index (κ3) is 19.6. The zero-order chi connectivity index (χ0) is 18.8. The van der Waals surface area contributed by atoms with E-state index in [1.807, 2.05) is 0 Å². The number of aliphatic hydroxyl groups is 1. The fourth-order valence-electron chi connectivity index (χ4n) is 3.31. The number of hydrogen-bond donors (Lipinski definition) is 1. The van der Waals surface area contributed by atoms with Crippen molar-refractivity contribution in [1.29, 1.82) is 0 Å². The molecule has 6 heteroatoms. The van der Waals surface area contributed by atoms with E-state index in [1.54, 1.807) is 0 Å². The molecule has 0 aliphatic carbocycles. The van der Waals surface area contributed by atoms with Gasteiger partial charge in [-0.1, -0.05) is 96.8 Å². The molecule has 1 atom stereocenters. The molecule has 26 heavy (non-hydrogen) atoms. The summed E-state index contributed by atoms with van der Waals surface area (Å²) in [5.41, 5.74) is 0. The molecule has 152 valence electrons. The molecule has 0 fully saturated rings. The van der Waals surface area contributed by atoms with Crippen LogP contribution in [0.2, 0.25) is 0 Å². The molecule has 4 nitrogen and oxygen atoms in total. The van der Waals surface area contributed by atoms with Gasteiger partial charge in [0.05, 0.1) is 10.1 Å². The smallest absolute Gasteiger partial charge is 0.748 e. The molecule has 0 heterocycles. The average molecular weight is 401 g/mol. The van der Waals surface area contributed by atoms with E-state index in [0.717, 1.165) is 57.8 Å². The van der Waals surface area contributed by atoms with Gasteiger partial charge in [0, 0.05) is 11.9 Å². The van der Waals surface area contributed by atoms with Crippen LogP contribution in [0.15, 0.2) is 0 Å². The van der Waals surface area contributed by atoms with Crippen molar-refractivity contribution in [2.24, 2.45) is 0 Å². The molecule has 0 bridgehead atoms. The van der Waals surface area contributed by atoms with Gasteiger partial charge in [0.25, 0.3) is 0 Å². The third-order valence-corrected chi connectivity index (χ3v) is 6.26. The van der Waals surface area contributed by atoms with E-state index in [0.29, 0.717) is 19.4 Å². The normalized spacial score (nSPS) is 12.7. The van der Waals surface area contributed by atoms with E-state index in [4.69, 9.17) is 5.11 Å². The molecule has 0 spiro atoms. The van der Waals surface area contributed by atoms with Crippen molar-refractivity contribution >= 4 is 10.1 Å². The van der Waals surface area contributed by atoms with Crippen LogP contribution in [0.1, 0.15) is 116 Å². The molecular formula is C20H41NaO4S. The topological polar surface area (TPSA) is 77.4 Å². The third-order valence-electron chi connectivity index (χ3n) is 4.97. The quantitative estimate of drug-likeness (QED) is 0.205. The molecule has 0 saturated heterocycles. The first-order valence-electron chi connectivity index (χ1n) is 10.6. The summed E-state index contributed by atoms with van der Waals surface area (Å²) >= 11 is 0. The predicted molar refractivity (Wildman–Crippen MR) is 105 cm³/mol. The van der Waals surface area contributed by atoms with Crippen molar-refractivity contribution in [2.45, 2.75) is 121 Å². The van der Waals surface area contributed by atoms with Gasteiger partial charge >= 0.3 is 29.6 Å². The number of hydrogen-bond acceptors (Lipinski definition) is 4. The average Bonchev–Trinajstić information content (AvgIpc) is 2.56. The monoisotopic (exact) mass is 400 g/mol. The Hall–Kier alpha value is 0.870.